The number of nitrogens with one attached hydrogen (secondary N) is 1. The Bertz CT molecular complexity index is 775. The fourth-order valence-electron chi connectivity index (χ4n) is 2.38. The zero-order chi connectivity index (χ0) is 16.6. The largest absolute Gasteiger partial charge is 0.416 e. The van der Waals surface area contributed by atoms with Crippen LogP contribution in [0.3, 0.4) is 0 Å². The molecule has 3 heterocycles. The number of aromatic amines is 1. The van der Waals surface area contributed by atoms with Crippen LogP contribution in [0.1, 0.15) is 22.9 Å². The fourth-order valence-corrected chi connectivity index (χ4v) is 2.38. The topological polar surface area (TPSA) is 79.2 Å². The summed E-state index contributed by atoms with van der Waals surface area (Å²) >= 11 is 0. The lowest BCUT2D eigenvalue weighted by molar-refractivity contribution is -0.138. The highest BCUT2D eigenvalue weighted by atomic mass is 19.4. The van der Waals surface area contributed by atoms with Gasteiger partial charge in [0.15, 0.2) is 0 Å². The summed E-state index contributed by atoms with van der Waals surface area (Å²) in [6.45, 7) is 0.719. The van der Waals surface area contributed by atoms with Gasteiger partial charge in [0.1, 0.15) is 5.76 Å². The van der Waals surface area contributed by atoms with Crippen LogP contribution < -0.4 is 5.56 Å². The smallest absolute Gasteiger partial charge is 0.383 e. The lowest BCUT2D eigenvalue weighted by atomic mass is 9.96. The molecule has 1 N–H and O–H groups in total. The van der Waals surface area contributed by atoms with Crippen LogP contribution in [0.15, 0.2) is 33.7 Å². The SMILES string of the molecule is O=C(Cc1cc(C(F)(F)F)ccn1)N1CC(c2cc(=O)[nH]o2)C1. The maximum Gasteiger partial charge on any atom is 0.416 e. The van der Waals surface area contributed by atoms with Crippen molar-refractivity contribution in [3.05, 3.63) is 51.8 Å². The second-order valence-corrected chi connectivity index (χ2v) is 5.32. The molecule has 0 spiro atoms. The maximum absolute atomic E-state index is 12.6. The first-order valence-electron chi connectivity index (χ1n) is 6.81. The molecular formula is C14H12F3N3O3. The zero-order valence-electron chi connectivity index (χ0n) is 11.8. The van der Waals surface area contributed by atoms with E-state index in [1.165, 1.54) is 11.0 Å². The molecule has 0 radical (unpaired) electrons. The average molecular weight is 327 g/mol. The molecule has 6 nitrogen and oxygen atoms in total. The predicted molar refractivity (Wildman–Crippen MR) is 71.6 cm³/mol. The highest BCUT2D eigenvalue weighted by Gasteiger charge is 2.35. The normalized spacial score (nSPS) is 15.5. The zero-order valence-corrected chi connectivity index (χ0v) is 11.8. The van der Waals surface area contributed by atoms with Gasteiger partial charge >= 0.3 is 6.18 Å². The van der Waals surface area contributed by atoms with Crippen molar-refractivity contribution in [2.45, 2.75) is 18.5 Å². The monoisotopic (exact) mass is 327 g/mol. The summed E-state index contributed by atoms with van der Waals surface area (Å²) in [6, 6.07) is 3.06. The third kappa shape index (κ3) is 3.27. The Labute approximate surface area is 127 Å². The number of carbonyl (C=O) groups is 1. The molecule has 0 aromatic carbocycles. The summed E-state index contributed by atoms with van der Waals surface area (Å²) < 4.78 is 42.8. The van der Waals surface area contributed by atoms with Crippen LogP contribution in [0.4, 0.5) is 13.2 Å². The average Bonchev–Trinajstić information content (AvgIpc) is 2.82. The molecule has 23 heavy (non-hydrogen) atoms. The molecule has 1 aliphatic rings. The molecule has 3 rings (SSSR count). The number of aromatic nitrogens is 2. The summed E-state index contributed by atoms with van der Waals surface area (Å²) in [5.74, 6) is 0.0783. The predicted octanol–water partition coefficient (Wildman–Crippen LogP) is 1.55. The Morgan fingerprint density at radius 1 is 1.39 bits per heavy atom. The first-order valence-corrected chi connectivity index (χ1v) is 6.81. The first-order chi connectivity index (χ1) is 10.8. The molecule has 0 saturated carbocycles. The quantitative estimate of drug-likeness (QED) is 0.928. The van der Waals surface area contributed by atoms with Gasteiger partial charge in [0.25, 0.3) is 5.56 Å². The van der Waals surface area contributed by atoms with Crippen LogP contribution in [-0.2, 0) is 17.4 Å². The van der Waals surface area contributed by atoms with Crippen LogP contribution in [0.25, 0.3) is 0 Å². The van der Waals surface area contributed by atoms with Crippen LogP contribution >= 0.6 is 0 Å². The number of amides is 1. The van der Waals surface area contributed by atoms with Crippen molar-refractivity contribution in [2.24, 2.45) is 0 Å². The van der Waals surface area contributed by atoms with E-state index in [4.69, 9.17) is 4.52 Å². The van der Waals surface area contributed by atoms with E-state index >= 15 is 0 Å². The molecule has 1 amide bonds. The number of hydrogen-bond acceptors (Lipinski definition) is 4. The fraction of sp³-hybridized carbons (Fsp3) is 0.357. The standard InChI is InChI=1S/C14H12F3N3O3/c15-14(16,17)9-1-2-18-10(3-9)4-13(22)20-6-8(7-20)11-5-12(21)19-23-11/h1-3,5,8H,4,6-7H2,(H,19,21). The van der Waals surface area contributed by atoms with Gasteiger partial charge in [-0.15, -0.1) is 0 Å². The van der Waals surface area contributed by atoms with Gasteiger partial charge in [0, 0.05) is 25.4 Å². The van der Waals surface area contributed by atoms with E-state index < -0.39 is 11.7 Å². The molecule has 0 bridgehead atoms. The van der Waals surface area contributed by atoms with Crippen molar-refractivity contribution in [1.82, 2.24) is 15.0 Å². The van der Waals surface area contributed by atoms with E-state index in [2.05, 4.69) is 10.1 Å². The summed E-state index contributed by atoms with van der Waals surface area (Å²) in [5, 5.41) is 2.17. The molecule has 2 aromatic heterocycles. The maximum atomic E-state index is 12.6. The number of nitrogens with zero attached hydrogens (tertiary/aromatic N) is 2. The molecule has 1 fully saturated rings. The molecule has 1 aliphatic heterocycles. The van der Waals surface area contributed by atoms with Crippen LogP contribution in [-0.4, -0.2) is 34.0 Å². The summed E-state index contributed by atoms with van der Waals surface area (Å²) in [7, 11) is 0. The van der Waals surface area contributed by atoms with E-state index in [0.717, 1.165) is 18.3 Å². The van der Waals surface area contributed by atoms with Crippen molar-refractivity contribution in [2.75, 3.05) is 13.1 Å². The van der Waals surface area contributed by atoms with Gasteiger partial charge in [0.05, 0.1) is 23.6 Å². The Balaban J connectivity index is 1.60. The van der Waals surface area contributed by atoms with Crippen molar-refractivity contribution in [3.63, 3.8) is 0 Å². The molecule has 0 aliphatic carbocycles. The lowest BCUT2D eigenvalue weighted by Crippen LogP contribution is -2.49. The second-order valence-electron chi connectivity index (χ2n) is 5.32. The number of carbonyl (C=O) groups excluding carboxylic acids is 1. The summed E-state index contributed by atoms with van der Waals surface area (Å²) in [4.78, 5) is 28.3. The highest BCUT2D eigenvalue weighted by molar-refractivity contribution is 5.79. The minimum Gasteiger partial charge on any atom is -0.383 e. The third-order valence-electron chi connectivity index (χ3n) is 3.66. The van der Waals surface area contributed by atoms with E-state index in [0.29, 0.717) is 18.8 Å². The van der Waals surface area contributed by atoms with Crippen LogP contribution in [0, 0.1) is 0 Å². The summed E-state index contributed by atoms with van der Waals surface area (Å²) in [6.07, 6.45) is -3.62. The van der Waals surface area contributed by atoms with Gasteiger partial charge in [-0.1, -0.05) is 0 Å². The second kappa shape index (κ2) is 5.56. The Hall–Kier alpha value is -2.58. The van der Waals surface area contributed by atoms with E-state index in [1.807, 2.05) is 0 Å². The van der Waals surface area contributed by atoms with Gasteiger partial charge in [-0.2, -0.15) is 18.3 Å². The van der Waals surface area contributed by atoms with E-state index in [1.54, 1.807) is 0 Å². The number of rotatable bonds is 3. The van der Waals surface area contributed by atoms with Gasteiger partial charge in [-0.25, -0.2) is 0 Å². The molecule has 0 unspecified atom stereocenters. The van der Waals surface area contributed by atoms with Crippen molar-refractivity contribution in [3.8, 4) is 0 Å². The van der Waals surface area contributed by atoms with Gasteiger partial charge in [0.2, 0.25) is 5.91 Å². The Kier molecular flexibility index (Phi) is 3.70. The van der Waals surface area contributed by atoms with Gasteiger partial charge < -0.3 is 9.42 Å². The van der Waals surface area contributed by atoms with Crippen molar-refractivity contribution in [1.29, 1.82) is 0 Å². The number of hydrogen-bond donors (Lipinski definition) is 1. The van der Waals surface area contributed by atoms with Crippen LogP contribution in [0.2, 0.25) is 0 Å². The van der Waals surface area contributed by atoms with Gasteiger partial charge in [-0.05, 0) is 12.1 Å². The van der Waals surface area contributed by atoms with Crippen LogP contribution in [0.5, 0.6) is 0 Å². The summed E-state index contributed by atoms with van der Waals surface area (Å²) in [5.41, 5.74) is -1.11. The number of H-pyrrole nitrogens is 1. The number of likely N-dealkylation sites (tertiary alicyclic amines) is 1. The highest BCUT2D eigenvalue weighted by Crippen LogP contribution is 2.30. The minimum absolute atomic E-state index is 0.0708. The van der Waals surface area contributed by atoms with Crippen molar-refractivity contribution >= 4 is 5.91 Å². The Morgan fingerprint density at radius 3 is 2.74 bits per heavy atom. The van der Waals surface area contributed by atoms with Crippen molar-refractivity contribution < 1.29 is 22.5 Å². The molecule has 0 atom stereocenters. The number of pyridine rings is 1. The molecule has 122 valence electrons. The Morgan fingerprint density at radius 2 is 2.13 bits per heavy atom. The molecule has 1 saturated heterocycles. The molecule has 9 heteroatoms. The third-order valence-corrected chi connectivity index (χ3v) is 3.66. The van der Waals surface area contributed by atoms with Gasteiger partial charge in [-0.3, -0.25) is 14.6 Å². The molecule has 2 aromatic rings. The molecular weight excluding hydrogens is 315 g/mol. The van der Waals surface area contributed by atoms with E-state index in [-0.39, 0.29) is 29.5 Å². The first kappa shape index (κ1) is 15.3. The van der Waals surface area contributed by atoms with E-state index in [9.17, 15) is 22.8 Å². The minimum atomic E-state index is -4.46. The number of alkyl halides is 3. The lowest BCUT2D eigenvalue weighted by Gasteiger charge is -2.37. The number of halogens is 3.